The van der Waals surface area contributed by atoms with Crippen LogP contribution in [-0.2, 0) is 9.63 Å². The van der Waals surface area contributed by atoms with Crippen LogP contribution in [0.1, 0.15) is 12.5 Å². The topological polar surface area (TPSA) is 69.2 Å². The van der Waals surface area contributed by atoms with Crippen LogP contribution in [0.3, 0.4) is 0 Å². The first-order valence-corrected chi connectivity index (χ1v) is 7.74. The Hall–Kier alpha value is -3.16. The molecule has 0 saturated carbocycles. The standard InChI is InChI=1S/C18H18F2N2O4/c1-3-25-16-7-4-12(8-17(16)24-2)10-21-26-11-18(23)22-13-5-6-14(19)15(20)9-13/h4-10H,3,11H2,1-2H3,(H,22,23)/b21-10+. The molecule has 2 aromatic rings. The highest BCUT2D eigenvalue weighted by molar-refractivity contribution is 5.91. The number of hydrogen-bond donors (Lipinski definition) is 1. The molecule has 0 atom stereocenters. The summed E-state index contributed by atoms with van der Waals surface area (Å²) in [4.78, 5) is 16.6. The van der Waals surface area contributed by atoms with Crippen LogP contribution in [0.25, 0.3) is 0 Å². The summed E-state index contributed by atoms with van der Waals surface area (Å²) in [5.41, 5.74) is 0.809. The molecule has 0 radical (unpaired) electrons. The molecule has 0 bridgehead atoms. The van der Waals surface area contributed by atoms with Crippen molar-refractivity contribution in [2.24, 2.45) is 5.16 Å². The maximum absolute atomic E-state index is 13.1. The second kappa shape index (κ2) is 9.36. The Morgan fingerprint density at radius 2 is 1.96 bits per heavy atom. The highest BCUT2D eigenvalue weighted by Crippen LogP contribution is 2.27. The number of carbonyl (C=O) groups excluding carboxylic acids is 1. The van der Waals surface area contributed by atoms with Crippen LogP contribution in [0.15, 0.2) is 41.6 Å². The third kappa shape index (κ3) is 5.44. The molecular weight excluding hydrogens is 346 g/mol. The molecule has 0 aliphatic rings. The molecule has 0 unspecified atom stereocenters. The molecule has 0 fully saturated rings. The summed E-state index contributed by atoms with van der Waals surface area (Å²) in [6.07, 6.45) is 1.41. The second-order valence-electron chi connectivity index (χ2n) is 5.03. The van der Waals surface area contributed by atoms with E-state index in [4.69, 9.17) is 14.3 Å². The van der Waals surface area contributed by atoms with E-state index in [1.54, 1.807) is 18.2 Å². The number of nitrogens with zero attached hydrogens (tertiary/aromatic N) is 1. The van der Waals surface area contributed by atoms with Gasteiger partial charge in [-0.25, -0.2) is 8.78 Å². The van der Waals surface area contributed by atoms with Crippen molar-refractivity contribution in [1.82, 2.24) is 0 Å². The van der Waals surface area contributed by atoms with Crippen molar-refractivity contribution in [2.75, 3.05) is 25.6 Å². The molecule has 0 saturated heterocycles. The van der Waals surface area contributed by atoms with E-state index >= 15 is 0 Å². The molecule has 0 aliphatic heterocycles. The summed E-state index contributed by atoms with van der Waals surface area (Å²) in [6, 6.07) is 8.23. The van der Waals surface area contributed by atoms with Crippen molar-refractivity contribution < 1.29 is 27.9 Å². The first-order chi connectivity index (χ1) is 12.5. The van der Waals surface area contributed by atoms with E-state index in [9.17, 15) is 13.6 Å². The molecule has 2 rings (SSSR count). The molecule has 1 amide bonds. The number of anilines is 1. The van der Waals surface area contributed by atoms with Crippen LogP contribution in [0.2, 0.25) is 0 Å². The molecule has 6 nitrogen and oxygen atoms in total. The van der Waals surface area contributed by atoms with Crippen molar-refractivity contribution in [3.8, 4) is 11.5 Å². The van der Waals surface area contributed by atoms with E-state index in [-0.39, 0.29) is 12.3 Å². The van der Waals surface area contributed by atoms with Gasteiger partial charge in [0, 0.05) is 17.3 Å². The van der Waals surface area contributed by atoms with Gasteiger partial charge in [0.25, 0.3) is 5.91 Å². The van der Waals surface area contributed by atoms with Gasteiger partial charge in [0.05, 0.1) is 19.9 Å². The van der Waals surface area contributed by atoms with Crippen molar-refractivity contribution in [3.05, 3.63) is 53.6 Å². The predicted octanol–water partition coefficient (Wildman–Crippen LogP) is 3.36. The van der Waals surface area contributed by atoms with Crippen LogP contribution in [0.5, 0.6) is 11.5 Å². The SMILES string of the molecule is CCOc1ccc(/C=N/OCC(=O)Nc2ccc(F)c(F)c2)cc1OC. The van der Waals surface area contributed by atoms with Crippen LogP contribution in [-0.4, -0.2) is 32.4 Å². The highest BCUT2D eigenvalue weighted by Gasteiger charge is 2.07. The van der Waals surface area contributed by atoms with Gasteiger partial charge >= 0.3 is 0 Å². The second-order valence-corrected chi connectivity index (χ2v) is 5.03. The van der Waals surface area contributed by atoms with E-state index in [1.165, 1.54) is 19.4 Å². The fraction of sp³-hybridized carbons (Fsp3) is 0.222. The van der Waals surface area contributed by atoms with E-state index in [0.29, 0.717) is 23.7 Å². The van der Waals surface area contributed by atoms with Crippen molar-refractivity contribution in [1.29, 1.82) is 0 Å². The number of oxime groups is 1. The largest absolute Gasteiger partial charge is 0.493 e. The number of ether oxygens (including phenoxy) is 2. The molecule has 138 valence electrons. The lowest BCUT2D eigenvalue weighted by molar-refractivity contribution is -0.120. The maximum atomic E-state index is 13.1. The smallest absolute Gasteiger partial charge is 0.265 e. The van der Waals surface area contributed by atoms with Gasteiger partial charge in [-0.15, -0.1) is 0 Å². The van der Waals surface area contributed by atoms with Crippen LogP contribution in [0, 0.1) is 11.6 Å². The third-order valence-electron chi connectivity index (χ3n) is 3.16. The van der Waals surface area contributed by atoms with Gasteiger partial charge in [-0.2, -0.15) is 0 Å². The number of nitrogens with one attached hydrogen (secondary N) is 1. The van der Waals surface area contributed by atoms with Crippen molar-refractivity contribution in [2.45, 2.75) is 6.92 Å². The Morgan fingerprint density at radius 1 is 1.15 bits per heavy atom. The lowest BCUT2D eigenvalue weighted by atomic mass is 10.2. The van der Waals surface area contributed by atoms with E-state index in [2.05, 4.69) is 10.5 Å². The molecule has 0 aliphatic carbocycles. The normalized spacial score (nSPS) is 10.6. The van der Waals surface area contributed by atoms with Gasteiger partial charge < -0.3 is 19.6 Å². The Labute approximate surface area is 149 Å². The summed E-state index contributed by atoms with van der Waals surface area (Å²) < 4.78 is 36.5. The van der Waals surface area contributed by atoms with Gasteiger partial charge in [-0.3, -0.25) is 4.79 Å². The van der Waals surface area contributed by atoms with E-state index in [0.717, 1.165) is 12.1 Å². The molecule has 2 aromatic carbocycles. The molecular formula is C18H18F2N2O4. The first kappa shape index (κ1) is 19.2. The Kier molecular flexibility index (Phi) is 6.90. The van der Waals surface area contributed by atoms with Crippen LogP contribution < -0.4 is 14.8 Å². The average Bonchev–Trinajstić information content (AvgIpc) is 2.63. The number of amides is 1. The minimum Gasteiger partial charge on any atom is -0.493 e. The molecule has 0 aromatic heterocycles. The zero-order valence-corrected chi connectivity index (χ0v) is 14.3. The quantitative estimate of drug-likeness (QED) is 0.576. The minimum atomic E-state index is -1.05. The number of halogens is 2. The number of methoxy groups -OCH3 is 1. The van der Waals surface area contributed by atoms with Crippen LogP contribution in [0.4, 0.5) is 14.5 Å². The number of hydrogen-bond acceptors (Lipinski definition) is 5. The van der Waals surface area contributed by atoms with E-state index in [1.807, 2.05) is 6.92 Å². The average molecular weight is 364 g/mol. The Morgan fingerprint density at radius 3 is 2.65 bits per heavy atom. The Bertz CT molecular complexity index is 797. The first-order valence-electron chi connectivity index (χ1n) is 7.74. The van der Waals surface area contributed by atoms with Crippen LogP contribution >= 0.6 is 0 Å². The molecule has 8 heteroatoms. The summed E-state index contributed by atoms with van der Waals surface area (Å²) in [6.45, 7) is 2.00. The third-order valence-corrected chi connectivity index (χ3v) is 3.16. The number of carbonyl (C=O) groups is 1. The van der Waals surface area contributed by atoms with Gasteiger partial charge in [0.2, 0.25) is 0 Å². The van der Waals surface area contributed by atoms with Gasteiger partial charge in [0.1, 0.15) is 0 Å². The highest BCUT2D eigenvalue weighted by atomic mass is 19.2. The fourth-order valence-electron chi connectivity index (χ4n) is 2.00. The molecule has 26 heavy (non-hydrogen) atoms. The summed E-state index contributed by atoms with van der Waals surface area (Å²) in [5, 5.41) is 6.06. The summed E-state index contributed by atoms with van der Waals surface area (Å²) in [5.74, 6) is -1.44. The van der Waals surface area contributed by atoms with Gasteiger partial charge in [-0.05, 0) is 37.3 Å². The lowest BCUT2D eigenvalue weighted by Crippen LogP contribution is -2.17. The monoisotopic (exact) mass is 364 g/mol. The van der Waals surface area contributed by atoms with Gasteiger partial charge in [-0.1, -0.05) is 5.16 Å². The molecule has 0 heterocycles. The maximum Gasteiger partial charge on any atom is 0.265 e. The number of benzene rings is 2. The van der Waals surface area contributed by atoms with Gasteiger partial charge in [0.15, 0.2) is 29.7 Å². The van der Waals surface area contributed by atoms with Crippen molar-refractivity contribution in [3.63, 3.8) is 0 Å². The Balaban J connectivity index is 1.86. The summed E-state index contributed by atoms with van der Waals surface area (Å²) in [7, 11) is 1.53. The zero-order chi connectivity index (χ0) is 18.9. The molecule has 0 spiro atoms. The minimum absolute atomic E-state index is 0.123. The fourth-order valence-corrected chi connectivity index (χ4v) is 2.00. The lowest BCUT2D eigenvalue weighted by Gasteiger charge is -2.09. The molecule has 1 N–H and O–H groups in total. The van der Waals surface area contributed by atoms with Crippen molar-refractivity contribution >= 4 is 17.8 Å². The number of rotatable bonds is 8. The predicted molar refractivity (Wildman–Crippen MR) is 92.7 cm³/mol. The van der Waals surface area contributed by atoms with E-state index < -0.39 is 17.5 Å². The zero-order valence-electron chi connectivity index (χ0n) is 14.3. The summed E-state index contributed by atoms with van der Waals surface area (Å²) >= 11 is 0.